The Labute approximate surface area is 179 Å². The second kappa shape index (κ2) is 8.97. The normalized spacial score (nSPS) is 18.8. The molecular formula is C26H30N2O2. The number of rotatable bonds is 6. The molecule has 156 valence electrons. The highest BCUT2D eigenvalue weighted by atomic mass is 16.1. The molecule has 1 saturated heterocycles. The van der Waals surface area contributed by atoms with Crippen molar-refractivity contribution in [2.24, 2.45) is 0 Å². The van der Waals surface area contributed by atoms with Crippen LogP contribution in [0.4, 0.5) is 5.69 Å². The van der Waals surface area contributed by atoms with Crippen LogP contribution < -0.4 is 5.32 Å². The van der Waals surface area contributed by atoms with E-state index in [0.29, 0.717) is 6.42 Å². The van der Waals surface area contributed by atoms with Gasteiger partial charge >= 0.3 is 0 Å². The molecule has 0 radical (unpaired) electrons. The van der Waals surface area contributed by atoms with Gasteiger partial charge < -0.3 is 10.2 Å². The van der Waals surface area contributed by atoms with Crippen LogP contribution in [0.25, 0.3) is 6.08 Å². The largest absolute Gasteiger partial charge is 0.326 e. The summed E-state index contributed by atoms with van der Waals surface area (Å²) in [5.41, 5.74) is 4.20. The van der Waals surface area contributed by atoms with Crippen molar-refractivity contribution in [3.63, 3.8) is 0 Å². The highest BCUT2D eigenvalue weighted by molar-refractivity contribution is 5.94. The molecule has 0 atom stereocenters. The number of Topliss-reactive ketones (excluding diaryl/α,β-unsaturated/α-hetero) is 1. The first-order chi connectivity index (χ1) is 14.6. The van der Waals surface area contributed by atoms with E-state index < -0.39 is 0 Å². The van der Waals surface area contributed by atoms with Crippen LogP contribution in [0.1, 0.15) is 49.3 Å². The molecule has 4 nitrogen and oxygen atoms in total. The number of nitrogens with one attached hydrogen (secondary N) is 1. The number of aryl methyl sites for hydroxylation is 1. The lowest BCUT2D eigenvalue weighted by atomic mass is 9.70. The maximum absolute atomic E-state index is 12.5. The highest BCUT2D eigenvalue weighted by Gasteiger charge is 2.39. The van der Waals surface area contributed by atoms with Crippen LogP contribution in [-0.4, -0.2) is 36.2 Å². The molecule has 2 aromatic rings. The average Bonchev–Trinajstić information content (AvgIpc) is 2.77. The predicted molar refractivity (Wildman–Crippen MR) is 122 cm³/mol. The number of fused-ring (bicyclic) bond motifs is 1. The van der Waals surface area contributed by atoms with E-state index in [1.54, 1.807) is 6.92 Å². The maximum atomic E-state index is 12.5. The fraction of sp³-hybridized carbons (Fsp3) is 0.385. The molecule has 0 unspecified atom stereocenters. The molecule has 0 spiro atoms. The minimum atomic E-state index is -0.313. The molecule has 4 rings (SSSR count). The van der Waals surface area contributed by atoms with E-state index in [0.717, 1.165) is 51.0 Å². The van der Waals surface area contributed by atoms with Crippen LogP contribution in [0.15, 0.2) is 54.6 Å². The zero-order chi connectivity index (χ0) is 21.0. The van der Waals surface area contributed by atoms with Gasteiger partial charge in [-0.15, -0.1) is 0 Å². The first kappa shape index (κ1) is 20.5. The summed E-state index contributed by atoms with van der Waals surface area (Å²) < 4.78 is 0. The van der Waals surface area contributed by atoms with Gasteiger partial charge in [-0.2, -0.15) is 0 Å². The van der Waals surface area contributed by atoms with E-state index in [1.807, 2.05) is 24.3 Å². The van der Waals surface area contributed by atoms with Gasteiger partial charge in [-0.1, -0.05) is 48.6 Å². The lowest BCUT2D eigenvalue weighted by molar-refractivity contribution is -0.124. The van der Waals surface area contributed by atoms with Crippen LogP contribution in [0.5, 0.6) is 0 Å². The summed E-state index contributed by atoms with van der Waals surface area (Å²) >= 11 is 0. The number of carbonyl (C=O) groups is 2. The Balaban J connectivity index is 1.30. The summed E-state index contributed by atoms with van der Waals surface area (Å²) in [5.74, 6) is 0.394. The second-order valence-electron chi connectivity index (χ2n) is 8.50. The highest BCUT2D eigenvalue weighted by Crippen LogP contribution is 2.36. The van der Waals surface area contributed by atoms with Crippen molar-refractivity contribution in [1.82, 2.24) is 4.90 Å². The smallest absolute Gasteiger partial charge is 0.224 e. The van der Waals surface area contributed by atoms with Crippen molar-refractivity contribution in [1.29, 1.82) is 0 Å². The summed E-state index contributed by atoms with van der Waals surface area (Å²) in [6.45, 7) is 4.68. The molecule has 0 saturated carbocycles. The van der Waals surface area contributed by atoms with Gasteiger partial charge in [-0.05, 0) is 74.5 Å². The molecule has 4 heteroatoms. The first-order valence-corrected chi connectivity index (χ1v) is 11.0. The Bertz CT molecular complexity index is 941. The average molecular weight is 403 g/mol. The molecule has 2 aliphatic heterocycles. The Morgan fingerprint density at radius 1 is 1.10 bits per heavy atom. The first-order valence-electron chi connectivity index (χ1n) is 11.0. The fourth-order valence-corrected chi connectivity index (χ4v) is 4.74. The van der Waals surface area contributed by atoms with Crippen LogP contribution >= 0.6 is 0 Å². The monoisotopic (exact) mass is 402 g/mol. The van der Waals surface area contributed by atoms with Crippen molar-refractivity contribution in [3.8, 4) is 0 Å². The standard InChI is InChI=1S/C26H30N2O2/c1-20(29)26(23-8-3-2-4-9-23)14-17-28(18-15-26)16-6-5-7-21-10-12-24-22(19-21)11-13-25(30)27-24/h2-5,7-10,12,19H,6,11,13-18H2,1H3,(H,27,30)/b7-5+. The van der Waals surface area contributed by atoms with Crippen molar-refractivity contribution < 1.29 is 9.59 Å². The van der Waals surface area contributed by atoms with Crippen LogP contribution in [0.2, 0.25) is 0 Å². The Hall–Kier alpha value is -2.72. The quantitative estimate of drug-likeness (QED) is 0.768. The molecule has 2 heterocycles. The summed E-state index contributed by atoms with van der Waals surface area (Å²) in [7, 11) is 0. The number of hydrogen-bond donors (Lipinski definition) is 1. The van der Waals surface area contributed by atoms with Crippen molar-refractivity contribution in [2.75, 3.05) is 25.0 Å². The van der Waals surface area contributed by atoms with Gasteiger partial charge in [0.1, 0.15) is 5.78 Å². The van der Waals surface area contributed by atoms with Crippen molar-refractivity contribution in [3.05, 3.63) is 71.3 Å². The van der Waals surface area contributed by atoms with Crippen molar-refractivity contribution in [2.45, 2.75) is 44.4 Å². The fourth-order valence-electron chi connectivity index (χ4n) is 4.74. The summed E-state index contributed by atoms with van der Waals surface area (Å²) in [6.07, 6.45) is 8.57. The molecule has 0 bridgehead atoms. The summed E-state index contributed by atoms with van der Waals surface area (Å²) in [4.78, 5) is 26.5. The third kappa shape index (κ3) is 4.39. The minimum absolute atomic E-state index is 0.105. The van der Waals surface area contributed by atoms with Crippen LogP contribution in [0.3, 0.4) is 0 Å². The van der Waals surface area contributed by atoms with Gasteiger partial charge in [-0.25, -0.2) is 0 Å². The Kier molecular flexibility index (Phi) is 6.14. The van der Waals surface area contributed by atoms with Gasteiger partial charge in [0.25, 0.3) is 0 Å². The number of hydrogen-bond acceptors (Lipinski definition) is 3. The SMILES string of the molecule is CC(=O)C1(c2ccccc2)CCN(CC/C=C/c2ccc3c(c2)CCC(=O)N3)CC1. The van der Waals surface area contributed by atoms with E-state index in [4.69, 9.17) is 0 Å². The van der Waals surface area contributed by atoms with E-state index in [2.05, 4.69) is 46.6 Å². The Morgan fingerprint density at radius 2 is 1.87 bits per heavy atom. The molecule has 0 aliphatic carbocycles. The number of piperidine rings is 1. The van der Waals surface area contributed by atoms with Gasteiger partial charge in [-0.3, -0.25) is 9.59 Å². The molecule has 2 aliphatic rings. The van der Waals surface area contributed by atoms with E-state index >= 15 is 0 Å². The van der Waals surface area contributed by atoms with Crippen LogP contribution in [0, 0.1) is 0 Å². The third-order valence-electron chi connectivity index (χ3n) is 6.66. The summed E-state index contributed by atoms with van der Waals surface area (Å²) in [5, 5.41) is 2.93. The van der Waals surface area contributed by atoms with Crippen LogP contribution in [-0.2, 0) is 21.4 Å². The lowest BCUT2D eigenvalue weighted by Crippen LogP contribution is -2.46. The van der Waals surface area contributed by atoms with Gasteiger partial charge in [0.15, 0.2) is 0 Å². The van der Waals surface area contributed by atoms with E-state index in [-0.39, 0.29) is 17.1 Å². The minimum Gasteiger partial charge on any atom is -0.326 e. The summed E-state index contributed by atoms with van der Waals surface area (Å²) in [6, 6.07) is 16.5. The number of likely N-dealkylation sites (tertiary alicyclic amines) is 1. The second-order valence-corrected chi connectivity index (χ2v) is 8.50. The van der Waals surface area contributed by atoms with Gasteiger partial charge in [0.05, 0.1) is 5.41 Å². The number of carbonyl (C=O) groups excluding carboxylic acids is 2. The number of nitrogens with zero attached hydrogens (tertiary/aromatic N) is 1. The van der Waals surface area contributed by atoms with E-state index in [9.17, 15) is 9.59 Å². The molecule has 1 amide bonds. The molecular weight excluding hydrogens is 372 g/mol. The molecule has 0 aromatic heterocycles. The zero-order valence-electron chi connectivity index (χ0n) is 17.7. The number of anilines is 1. The number of benzene rings is 2. The van der Waals surface area contributed by atoms with Gasteiger partial charge in [0.2, 0.25) is 5.91 Å². The maximum Gasteiger partial charge on any atom is 0.224 e. The van der Waals surface area contributed by atoms with E-state index in [1.165, 1.54) is 16.7 Å². The lowest BCUT2D eigenvalue weighted by Gasteiger charge is -2.40. The van der Waals surface area contributed by atoms with Gasteiger partial charge in [0, 0.05) is 18.7 Å². The molecule has 2 aromatic carbocycles. The third-order valence-corrected chi connectivity index (χ3v) is 6.66. The van der Waals surface area contributed by atoms with Crippen molar-refractivity contribution >= 4 is 23.5 Å². The topological polar surface area (TPSA) is 49.4 Å². The zero-order valence-corrected chi connectivity index (χ0v) is 17.7. The molecule has 30 heavy (non-hydrogen) atoms. The number of amides is 1. The molecule has 1 N–H and O–H groups in total. The molecule has 1 fully saturated rings. The Morgan fingerprint density at radius 3 is 2.60 bits per heavy atom. The predicted octanol–water partition coefficient (Wildman–Crippen LogP) is 4.60. The number of ketones is 1.